The van der Waals surface area contributed by atoms with Crippen LogP contribution < -0.4 is 10.9 Å². The Balaban J connectivity index is 1.77. The fourth-order valence-electron chi connectivity index (χ4n) is 3.05. The fourth-order valence-corrected chi connectivity index (χ4v) is 4.18. The molecule has 0 saturated heterocycles. The molecule has 2 amide bonds. The molecular formula is C18H27N3O4S. The summed E-state index contributed by atoms with van der Waals surface area (Å²) in [5.41, 5.74) is 5.58. The topological polar surface area (TPSA) is 95.6 Å². The number of likely N-dealkylation sites (N-methyl/N-ethyl adjacent to an activating group) is 1. The standard InChI is InChI=1S/C18H27N3O4S/c1-14-7-10-16(11-8-14)26(24,25)21(2)13-18(23)20-19-17(22)12-9-15-5-3-4-6-15/h7-8,10-11,15H,3-6,9,12-13H2,1-2H3,(H,19,22)(H,20,23). The highest BCUT2D eigenvalue weighted by molar-refractivity contribution is 7.89. The molecule has 1 aromatic carbocycles. The third-order valence-electron chi connectivity index (χ3n) is 4.69. The lowest BCUT2D eigenvalue weighted by molar-refractivity contribution is -0.129. The molecule has 0 aromatic heterocycles. The lowest BCUT2D eigenvalue weighted by Crippen LogP contribution is -2.46. The number of hydrogen-bond donors (Lipinski definition) is 2. The van der Waals surface area contributed by atoms with Gasteiger partial charge in [0.1, 0.15) is 0 Å². The van der Waals surface area contributed by atoms with Crippen LogP contribution in [-0.2, 0) is 19.6 Å². The number of hydrogen-bond acceptors (Lipinski definition) is 4. The molecule has 0 spiro atoms. The quantitative estimate of drug-likeness (QED) is 0.703. The number of hydrazine groups is 1. The highest BCUT2D eigenvalue weighted by Crippen LogP contribution is 2.28. The highest BCUT2D eigenvalue weighted by atomic mass is 32.2. The highest BCUT2D eigenvalue weighted by Gasteiger charge is 2.23. The van der Waals surface area contributed by atoms with Crippen molar-refractivity contribution in [1.82, 2.24) is 15.2 Å². The number of nitrogens with one attached hydrogen (secondary N) is 2. The van der Waals surface area contributed by atoms with E-state index >= 15 is 0 Å². The van der Waals surface area contributed by atoms with E-state index in [1.54, 1.807) is 12.1 Å². The summed E-state index contributed by atoms with van der Waals surface area (Å²) in [5.74, 6) is -0.242. The van der Waals surface area contributed by atoms with Gasteiger partial charge in [0.05, 0.1) is 11.4 Å². The van der Waals surface area contributed by atoms with E-state index in [1.807, 2.05) is 6.92 Å². The predicted molar refractivity (Wildman–Crippen MR) is 98.5 cm³/mol. The van der Waals surface area contributed by atoms with Crippen molar-refractivity contribution < 1.29 is 18.0 Å². The number of carbonyl (C=O) groups is 2. The first-order valence-electron chi connectivity index (χ1n) is 8.89. The van der Waals surface area contributed by atoms with Gasteiger partial charge in [-0.15, -0.1) is 0 Å². The molecule has 1 fully saturated rings. The number of nitrogens with zero attached hydrogens (tertiary/aromatic N) is 1. The first kappa shape index (κ1) is 20.4. The van der Waals surface area contributed by atoms with Gasteiger partial charge in [-0.2, -0.15) is 4.31 Å². The fraction of sp³-hybridized carbons (Fsp3) is 0.556. The zero-order valence-electron chi connectivity index (χ0n) is 15.3. The molecule has 2 rings (SSSR count). The Hall–Kier alpha value is -1.93. The number of carbonyl (C=O) groups excluding carboxylic acids is 2. The molecule has 0 unspecified atom stereocenters. The third kappa shape index (κ3) is 5.81. The Labute approximate surface area is 155 Å². The summed E-state index contributed by atoms with van der Waals surface area (Å²) < 4.78 is 25.8. The number of benzene rings is 1. The average Bonchev–Trinajstić information content (AvgIpc) is 3.12. The van der Waals surface area contributed by atoms with Crippen LogP contribution in [0.2, 0.25) is 0 Å². The minimum absolute atomic E-state index is 0.124. The van der Waals surface area contributed by atoms with Crippen LogP contribution in [0.4, 0.5) is 0 Å². The molecule has 0 atom stereocenters. The Morgan fingerprint density at radius 3 is 2.27 bits per heavy atom. The van der Waals surface area contributed by atoms with Gasteiger partial charge in [0.2, 0.25) is 15.9 Å². The Morgan fingerprint density at radius 1 is 1.08 bits per heavy atom. The molecule has 2 N–H and O–H groups in total. The van der Waals surface area contributed by atoms with Crippen molar-refractivity contribution in [2.45, 2.75) is 50.3 Å². The number of rotatable bonds is 7. The minimum Gasteiger partial charge on any atom is -0.273 e. The third-order valence-corrected chi connectivity index (χ3v) is 6.51. The molecule has 0 radical (unpaired) electrons. The normalized spacial score (nSPS) is 15.2. The van der Waals surface area contributed by atoms with Crippen LogP contribution >= 0.6 is 0 Å². The molecule has 1 aliphatic rings. The van der Waals surface area contributed by atoms with E-state index in [2.05, 4.69) is 10.9 Å². The van der Waals surface area contributed by atoms with Crippen molar-refractivity contribution in [2.75, 3.05) is 13.6 Å². The molecule has 1 saturated carbocycles. The van der Waals surface area contributed by atoms with Crippen molar-refractivity contribution in [3.05, 3.63) is 29.8 Å². The van der Waals surface area contributed by atoms with Crippen LogP contribution in [0.15, 0.2) is 29.2 Å². The summed E-state index contributed by atoms with van der Waals surface area (Å²) >= 11 is 0. The summed E-state index contributed by atoms with van der Waals surface area (Å²) in [6, 6.07) is 6.41. The molecule has 0 bridgehead atoms. The van der Waals surface area contributed by atoms with Crippen LogP contribution in [0.25, 0.3) is 0 Å². The molecule has 144 valence electrons. The van der Waals surface area contributed by atoms with Gasteiger partial charge in [-0.1, -0.05) is 43.4 Å². The largest absolute Gasteiger partial charge is 0.273 e. The first-order chi connectivity index (χ1) is 12.3. The maximum absolute atomic E-state index is 12.4. The van der Waals surface area contributed by atoms with Crippen LogP contribution in [0.3, 0.4) is 0 Å². The Kier molecular flexibility index (Phi) is 7.16. The number of sulfonamides is 1. The zero-order chi connectivity index (χ0) is 19.2. The molecule has 1 aliphatic carbocycles. The molecule has 0 aliphatic heterocycles. The van der Waals surface area contributed by atoms with E-state index in [0.717, 1.165) is 16.3 Å². The lowest BCUT2D eigenvalue weighted by Gasteiger charge is -2.17. The van der Waals surface area contributed by atoms with Gasteiger partial charge in [-0.3, -0.25) is 20.4 Å². The van der Waals surface area contributed by atoms with E-state index in [4.69, 9.17) is 0 Å². The minimum atomic E-state index is -3.75. The molecule has 8 heteroatoms. The van der Waals surface area contributed by atoms with Crippen molar-refractivity contribution in [2.24, 2.45) is 5.92 Å². The molecular weight excluding hydrogens is 354 g/mol. The van der Waals surface area contributed by atoms with E-state index in [1.165, 1.54) is 44.9 Å². The second kappa shape index (κ2) is 9.14. The maximum Gasteiger partial charge on any atom is 0.253 e. The molecule has 7 nitrogen and oxygen atoms in total. The average molecular weight is 381 g/mol. The van der Waals surface area contributed by atoms with Crippen LogP contribution in [0.5, 0.6) is 0 Å². The van der Waals surface area contributed by atoms with E-state index in [9.17, 15) is 18.0 Å². The zero-order valence-corrected chi connectivity index (χ0v) is 16.1. The summed E-state index contributed by atoms with van der Waals surface area (Å²) in [6.45, 7) is 1.49. The van der Waals surface area contributed by atoms with Gasteiger partial charge in [-0.25, -0.2) is 8.42 Å². The monoisotopic (exact) mass is 381 g/mol. The van der Waals surface area contributed by atoms with Gasteiger partial charge in [0, 0.05) is 13.5 Å². The smallest absolute Gasteiger partial charge is 0.253 e. The first-order valence-corrected chi connectivity index (χ1v) is 10.3. The van der Waals surface area contributed by atoms with Gasteiger partial charge in [0.25, 0.3) is 5.91 Å². The summed E-state index contributed by atoms with van der Waals surface area (Å²) in [6.07, 6.45) is 5.98. The summed E-state index contributed by atoms with van der Waals surface area (Å²) in [7, 11) is -2.42. The molecule has 0 heterocycles. The Bertz CT molecular complexity index is 725. The van der Waals surface area contributed by atoms with Crippen LogP contribution in [0, 0.1) is 12.8 Å². The second-order valence-electron chi connectivity index (χ2n) is 6.86. The summed E-state index contributed by atoms with van der Waals surface area (Å²) in [5, 5.41) is 0. The van der Waals surface area contributed by atoms with Crippen molar-refractivity contribution in [1.29, 1.82) is 0 Å². The van der Waals surface area contributed by atoms with Gasteiger partial charge < -0.3 is 0 Å². The van der Waals surface area contributed by atoms with Crippen molar-refractivity contribution in [3.63, 3.8) is 0 Å². The number of aryl methyl sites for hydroxylation is 1. The van der Waals surface area contributed by atoms with Crippen molar-refractivity contribution >= 4 is 21.8 Å². The Morgan fingerprint density at radius 2 is 1.65 bits per heavy atom. The van der Waals surface area contributed by atoms with Crippen LogP contribution in [-0.4, -0.2) is 38.1 Å². The lowest BCUT2D eigenvalue weighted by atomic mass is 10.0. The van der Waals surface area contributed by atoms with E-state index < -0.39 is 15.9 Å². The van der Waals surface area contributed by atoms with Gasteiger partial charge in [-0.05, 0) is 31.4 Å². The second-order valence-corrected chi connectivity index (χ2v) is 8.90. The van der Waals surface area contributed by atoms with Crippen LogP contribution in [0.1, 0.15) is 44.1 Å². The van der Waals surface area contributed by atoms with Gasteiger partial charge in [0.15, 0.2) is 0 Å². The number of amides is 2. The van der Waals surface area contributed by atoms with Gasteiger partial charge >= 0.3 is 0 Å². The molecule has 26 heavy (non-hydrogen) atoms. The maximum atomic E-state index is 12.4. The van der Waals surface area contributed by atoms with Crippen molar-refractivity contribution in [3.8, 4) is 0 Å². The molecule has 1 aromatic rings. The van der Waals surface area contributed by atoms with E-state index in [-0.39, 0.29) is 17.3 Å². The predicted octanol–water partition coefficient (Wildman–Crippen LogP) is 1.73. The SMILES string of the molecule is Cc1ccc(S(=O)(=O)N(C)CC(=O)NNC(=O)CCC2CCCC2)cc1. The van der Waals surface area contributed by atoms with E-state index in [0.29, 0.717) is 12.3 Å². The summed E-state index contributed by atoms with van der Waals surface area (Å²) in [4.78, 5) is 23.8.